The molecule has 0 saturated carbocycles. The molecule has 0 spiro atoms. The molecule has 1 nitrogen and oxygen atoms in total. The van der Waals surface area contributed by atoms with E-state index in [2.05, 4.69) is 81.5 Å². The van der Waals surface area contributed by atoms with Crippen LogP contribution in [-0.2, 0) is 6.42 Å². The van der Waals surface area contributed by atoms with Crippen LogP contribution in [-0.4, -0.2) is 6.54 Å². The third-order valence-corrected chi connectivity index (χ3v) is 5.99. The van der Waals surface area contributed by atoms with Crippen LogP contribution in [0.15, 0.2) is 32.5 Å². The zero-order valence-electron chi connectivity index (χ0n) is 12.0. The molecule has 1 heterocycles. The molecule has 0 aliphatic heterocycles. The maximum absolute atomic E-state index is 3.73. The number of hydrogen-bond acceptors (Lipinski definition) is 2. The van der Waals surface area contributed by atoms with Crippen LogP contribution in [0.1, 0.15) is 41.5 Å². The van der Waals surface area contributed by atoms with Crippen LogP contribution >= 0.6 is 43.2 Å². The smallest absolute Gasteiger partial charge is 0.0685 e. The lowest BCUT2D eigenvalue weighted by Crippen LogP contribution is -2.22. The summed E-state index contributed by atoms with van der Waals surface area (Å²) in [5.74, 6) is 0. The highest BCUT2D eigenvalue weighted by molar-refractivity contribution is 9.11. The summed E-state index contributed by atoms with van der Waals surface area (Å²) in [5, 5.41) is 5.81. The van der Waals surface area contributed by atoms with Crippen LogP contribution in [0.25, 0.3) is 0 Å². The summed E-state index contributed by atoms with van der Waals surface area (Å²) in [5.41, 5.74) is 3.98. The number of thiophene rings is 1. The van der Waals surface area contributed by atoms with E-state index in [0.717, 1.165) is 17.4 Å². The lowest BCUT2D eigenvalue weighted by Gasteiger charge is -2.21. The molecule has 0 aliphatic carbocycles. The fraction of sp³-hybridized carbons (Fsp3) is 0.375. The third-order valence-electron chi connectivity index (χ3n) is 3.42. The van der Waals surface area contributed by atoms with Gasteiger partial charge in [0.2, 0.25) is 0 Å². The number of halogens is 2. The number of aryl methyl sites for hydroxylation is 2. The zero-order valence-corrected chi connectivity index (χ0v) is 16.0. The fourth-order valence-electron chi connectivity index (χ4n) is 2.32. The topological polar surface area (TPSA) is 12.0 Å². The van der Waals surface area contributed by atoms with Gasteiger partial charge < -0.3 is 5.32 Å². The molecule has 0 bridgehead atoms. The van der Waals surface area contributed by atoms with E-state index in [0.29, 0.717) is 0 Å². The molecule has 1 unspecified atom stereocenters. The average molecular weight is 417 g/mol. The minimum absolute atomic E-state index is 0.251. The molecule has 108 valence electrons. The Labute approximate surface area is 142 Å². The van der Waals surface area contributed by atoms with Crippen LogP contribution in [0.5, 0.6) is 0 Å². The normalized spacial score (nSPS) is 12.7. The molecule has 0 radical (unpaired) electrons. The first kappa shape index (κ1) is 16.2. The van der Waals surface area contributed by atoms with E-state index in [9.17, 15) is 0 Å². The van der Waals surface area contributed by atoms with Crippen molar-refractivity contribution < 1.29 is 0 Å². The highest BCUT2D eigenvalue weighted by atomic mass is 79.9. The van der Waals surface area contributed by atoms with Gasteiger partial charge in [-0.25, -0.2) is 0 Å². The predicted octanol–water partition coefficient (Wildman–Crippen LogP) is 5.84. The summed E-state index contributed by atoms with van der Waals surface area (Å²) in [4.78, 5) is 1.42. The summed E-state index contributed by atoms with van der Waals surface area (Å²) in [6.45, 7) is 7.44. The van der Waals surface area contributed by atoms with Crippen LogP contribution in [0, 0.1) is 6.92 Å². The number of hydrogen-bond donors (Lipinski definition) is 1. The second-order valence-electron chi connectivity index (χ2n) is 4.78. The predicted molar refractivity (Wildman–Crippen MR) is 95.8 cm³/mol. The van der Waals surface area contributed by atoms with Gasteiger partial charge in [0.05, 0.1) is 6.04 Å². The van der Waals surface area contributed by atoms with Crippen molar-refractivity contribution in [2.24, 2.45) is 0 Å². The molecular formula is C16H19Br2NS. The van der Waals surface area contributed by atoms with Gasteiger partial charge in [0.25, 0.3) is 0 Å². The van der Waals surface area contributed by atoms with Crippen molar-refractivity contribution in [1.29, 1.82) is 0 Å². The lowest BCUT2D eigenvalue weighted by atomic mass is 10.0. The van der Waals surface area contributed by atoms with Gasteiger partial charge in [-0.15, -0.1) is 11.3 Å². The summed E-state index contributed by atoms with van der Waals surface area (Å²) in [6, 6.07) is 6.90. The summed E-state index contributed by atoms with van der Waals surface area (Å²) < 4.78 is 2.33. The lowest BCUT2D eigenvalue weighted by molar-refractivity contribution is 0.633. The third kappa shape index (κ3) is 3.35. The Balaban J connectivity index is 2.51. The van der Waals surface area contributed by atoms with Crippen LogP contribution in [0.2, 0.25) is 0 Å². The van der Waals surface area contributed by atoms with E-state index in [1.807, 2.05) is 11.3 Å². The van der Waals surface area contributed by atoms with E-state index in [1.54, 1.807) is 0 Å². The van der Waals surface area contributed by atoms with Crippen molar-refractivity contribution in [1.82, 2.24) is 5.32 Å². The van der Waals surface area contributed by atoms with E-state index in [-0.39, 0.29) is 6.04 Å². The van der Waals surface area contributed by atoms with Crippen molar-refractivity contribution in [3.05, 3.63) is 54.1 Å². The van der Waals surface area contributed by atoms with E-state index < -0.39 is 0 Å². The molecule has 0 saturated heterocycles. The molecule has 1 aromatic heterocycles. The first-order valence-corrected chi connectivity index (χ1v) is 9.30. The van der Waals surface area contributed by atoms with Crippen LogP contribution in [0.4, 0.5) is 0 Å². The minimum Gasteiger partial charge on any atom is -0.306 e. The summed E-state index contributed by atoms with van der Waals surface area (Å²) >= 11 is 9.22. The van der Waals surface area contributed by atoms with Crippen molar-refractivity contribution in [2.45, 2.75) is 33.2 Å². The molecule has 4 heteroatoms. The van der Waals surface area contributed by atoms with Gasteiger partial charge in [-0.1, -0.05) is 45.7 Å². The number of nitrogens with one attached hydrogen (secondary N) is 1. The van der Waals surface area contributed by atoms with Gasteiger partial charge in [0, 0.05) is 13.8 Å². The van der Waals surface area contributed by atoms with Gasteiger partial charge in [0.1, 0.15) is 0 Å². The first-order valence-electron chi connectivity index (χ1n) is 6.83. The Kier molecular flexibility index (Phi) is 5.84. The molecule has 2 rings (SSSR count). The summed E-state index contributed by atoms with van der Waals surface area (Å²) in [7, 11) is 0. The largest absolute Gasteiger partial charge is 0.306 e. The Morgan fingerprint density at radius 3 is 2.60 bits per heavy atom. The Hall–Kier alpha value is -0.160. The Morgan fingerprint density at radius 2 is 1.95 bits per heavy atom. The highest BCUT2D eigenvalue weighted by Crippen LogP contribution is 2.36. The van der Waals surface area contributed by atoms with Crippen LogP contribution < -0.4 is 5.32 Å². The maximum atomic E-state index is 3.73. The van der Waals surface area contributed by atoms with Crippen molar-refractivity contribution in [3.63, 3.8) is 0 Å². The molecule has 2 aromatic rings. The van der Waals surface area contributed by atoms with Gasteiger partial charge in [-0.05, 0) is 60.2 Å². The summed E-state index contributed by atoms with van der Waals surface area (Å²) in [6.07, 6.45) is 1.07. The first-order chi connectivity index (χ1) is 9.58. The Bertz CT molecular complexity index is 592. The van der Waals surface area contributed by atoms with Gasteiger partial charge >= 0.3 is 0 Å². The molecular weight excluding hydrogens is 398 g/mol. The molecule has 1 N–H and O–H groups in total. The highest BCUT2D eigenvalue weighted by Gasteiger charge is 2.20. The van der Waals surface area contributed by atoms with E-state index >= 15 is 0 Å². The SMILES string of the molecule is CCNC(c1cc(Br)c(C)cc1Br)c1sccc1CC. The fourth-order valence-corrected chi connectivity index (χ4v) is 4.46. The molecule has 1 atom stereocenters. The maximum Gasteiger partial charge on any atom is 0.0685 e. The second-order valence-corrected chi connectivity index (χ2v) is 7.43. The molecule has 0 amide bonds. The van der Waals surface area contributed by atoms with Crippen LogP contribution in [0.3, 0.4) is 0 Å². The van der Waals surface area contributed by atoms with E-state index in [4.69, 9.17) is 0 Å². The standard InChI is InChI=1S/C16H19Br2NS/c1-4-11-6-7-20-16(11)15(19-5-2)12-9-13(17)10(3)8-14(12)18/h6-9,15,19H,4-5H2,1-3H3. The van der Waals surface area contributed by atoms with Crippen molar-refractivity contribution in [3.8, 4) is 0 Å². The Morgan fingerprint density at radius 1 is 1.20 bits per heavy atom. The second kappa shape index (κ2) is 7.21. The molecule has 0 fully saturated rings. The quantitative estimate of drug-likeness (QED) is 0.645. The minimum atomic E-state index is 0.251. The van der Waals surface area contributed by atoms with Gasteiger partial charge in [-0.2, -0.15) is 0 Å². The average Bonchev–Trinajstić information content (AvgIpc) is 2.88. The number of benzene rings is 1. The molecule has 0 aliphatic rings. The van der Waals surface area contributed by atoms with Crippen molar-refractivity contribution in [2.75, 3.05) is 6.54 Å². The van der Waals surface area contributed by atoms with Gasteiger partial charge in [-0.3, -0.25) is 0 Å². The zero-order chi connectivity index (χ0) is 14.7. The molecule has 1 aromatic carbocycles. The molecule has 20 heavy (non-hydrogen) atoms. The monoisotopic (exact) mass is 415 g/mol. The number of rotatable bonds is 5. The van der Waals surface area contributed by atoms with Gasteiger partial charge in [0.15, 0.2) is 0 Å². The van der Waals surface area contributed by atoms with Crippen molar-refractivity contribution >= 4 is 43.2 Å². The van der Waals surface area contributed by atoms with E-state index in [1.165, 1.54) is 26.0 Å².